The maximum absolute atomic E-state index is 11.7. The second-order valence-electron chi connectivity index (χ2n) is 3.98. The summed E-state index contributed by atoms with van der Waals surface area (Å²) in [6, 6.07) is 0. The molecule has 17 heavy (non-hydrogen) atoms. The van der Waals surface area contributed by atoms with Crippen LogP contribution in [0, 0.1) is 0 Å². The van der Waals surface area contributed by atoms with Crippen molar-refractivity contribution in [2.24, 2.45) is 0 Å². The molecule has 1 saturated heterocycles. The van der Waals surface area contributed by atoms with Crippen LogP contribution in [-0.4, -0.2) is 64.2 Å². The van der Waals surface area contributed by atoms with E-state index in [1.165, 1.54) is 0 Å². The highest BCUT2D eigenvalue weighted by atomic mass is 16.2. The summed E-state index contributed by atoms with van der Waals surface area (Å²) >= 11 is 0. The van der Waals surface area contributed by atoms with Gasteiger partial charge in [0, 0.05) is 13.1 Å². The van der Waals surface area contributed by atoms with Crippen molar-refractivity contribution in [1.82, 2.24) is 36.2 Å². The van der Waals surface area contributed by atoms with E-state index in [0.717, 1.165) is 32.6 Å². The van der Waals surface area contributed by atoms with Gasteiger partial charge in [0.1, 0.15) is 0 Å². The van der Waals surface area contributed by atoms with Crippen LogP contribution < -0.4 is 10.6 Å². The number of hydrogen-bond acceptors (Lipinski definition) is 6. The number of rotatable bonds is 4. The average molecular weight is 239 g/mol. The van der Waals surface area contributed by atoms with Gasteiger partial charge >= 0.3 is 0 Å². The molecule has 8 heteroatoms. The normalized spacial score (nSPS) is 17.6. The minimum Gasteiger partial charge on any atom is -0.348 e. The van der Waals surface area contributed by atoms with Crippen molar-refractivity contribution in [1.29, 1.82) is 0 Å². The summed E-state index contributed by atoms with van der Waals surface area (Å²) < 4.78 is 0. The van der Waals surface area contributed by atoms with Gasteiger partial charge in [-0.15, -0.1) is 10.2 Å². The van der Waals surface area contributed by atoms with E-state index in [1.807, 2.05) is 0 Å². The lowest BCUT2D eigenvalue weighted by Crippen LogP contribution is -2.38. The third-order valence-corrected chi connectivity index (χ3v) is 2.63. The van der Waals surface area contributed by atoms with Crippen LogP contribution in [0.5, 0.6) is 0 Å². The van der Waals surface area contributed by atoms with E-state index in [-0.39, 0.29) is 5.91 Å². The van der Waals surface area contributed by atoms with E-state index in [1.54, 1.807) is 0 Å². The van der Waals surface area contributed by atoms with Gasteiger partial charge in [-0.05, 0) is 19.5 Å². The second kappa shape index (κ2) is 6.26. The zero-order valence-corrected chi connectivity index (χ0v) is 9.65. The van der Waals surface area contributed by atoms with Gasteiger partial charge in [0.25, 0.3) is 0 Å². The Morgan fingerprint density at radius 1 is 1.41 bits per heavy atom. The molecular weight excluding hydrogens is 222 g/mol. The number of H-pyrrole nitrogens is 1. The molecule has 0 spiro atoms. The first-order valence-electron chi connectivity index (χ1n) is 5.77. The Hall–Kier alpha value is -1.54. The lowest BCUT2D eigenvalue weighted by molar-refractivity contribution is -0.122. The summed E-state index contributed by atoms with van der Waals surface area (Å²) in [7, 11) is 0. The lowest BCUT2D eigenvalue weighted by Gasteiger charge is -2.18. The van der Waals surface area contributed by atoms with E-state index in [4.69, 9.17) is 0 Å². The molecule has 0 radical (unpaired) electrons. The number of amides is 1. The number of carbonyl (C=O) groups excluding carboxylic acids is 1. The van der Waals surface area contributed by atoms with E-state index >= 15 is 0 Å². The molecule has 1 aromatic heterocycles. The lowest BCUT2D eigenvalue weighted by atomic mass is 10.4. The number of carbonyl (C=O) groups is 1. The van der Waals surface area contributed by atoms with E-state index in [0.29, 0.717) is 18.9 Å². The van der Waals surface area contributed by atoms with Gasteiger partial charge < -0.3 is 10.6 Å². The van der Waals surface area contributed by atoms with Crippen molar-refractivity contribution in [3.05, 3.63) is 5.82 Å². The number of aromatic amines is 1. The first-order chi connectivity index (χ1) is 8.34. The highest BCUT2D eigenvalue weighted by Crippen LogP contribution is 1.94. The van der Waals surface area contributed by atoms with Crippen molar-refractivity contribution in [3.63, 3.8) is 0 Å². The first kappa shape index (κ1) is 11.9. The molecular formula is C9H17N7O. The van der Waals surface area contributed by atoms with Crippen molar-refractivity contribution in [2.75, 3.05) is 32.7 Å². The Balaban J connectivity index is 1.69. The Morgan fingerprint density at radius 2 is 2.35 bits per heavy atom. The average Bonchev–Trinajstić information content (AvgIpc) is 2.72. The fourth-order valence-electron chi connectivity index (χ4n) is 1.75. The Morgan fingerprint density at radius 3 is 3.18 bits per heavy atom. The van der Waals surface area contributed by atoms with Gasteiger partial charge in [0.05, 0.1) is 13.1 Å². The van der Waals surface area contributed by atoms with Crippen LogP contribution in [0.2, 0.25) is 0 Å². The zero-order chi connectivity index (χ0) is 11.9. The molecule has 3 N–H and O–H groups in total. The number of hydrogen-bond donors (Lipinski definition) is 3. The van der Waals surface area contributed by atoms with Crippen LogP contribution in [-0.2, 0) is 11.3 Å². The molecule has 2 heterocycles. The summed E-state index contributed by atoms with van der Waals surface area (Å²) in [4.78, 5) is 13.8. The molecule has 1 amide bonds. The highest BCUT2D eigenvalue weighted by Gasteiger charge is 2.12. The van der Waals surface area contributed by atoms with Crippen molar-refractivity contribution in [3.8, 4) is 0 Å². The molecule has 0 aromatic carbocycles. The smallest absolute Gasteiger partial charge is 0.234 e. The Labute approximate surface area is 99.1 Å². The Kier molecular flexibility index (Phi) is 4.39. The van der Waals surface area contributed by atoms with Gasteiger partial charge in [-0.3, -0.25) is 9.69 Å². The first-order valence-corrected chi connectivity index (χ1v) is 5.77. The molecule has 0 bridgehead atoms. The number of nitrogens with zero attached hydrogens (tertiary/aromatic N) is 4. The molecule has 94 valence electrons. The number of tetrazole rings is 1. The summed E-state index contributed by atoms with van der Waals surface area (Å²) in [6.07, 6.45) is 1.08. The predicted molar refractivity (Wildman–Crippen MR) is 60.0 cm³/mol. The largest absolute Gasteiger partial charge is 0.348 e. The minimum absolute atomic E-state index is 0.00306. The van der Waals surface area contributed by atoms with E-state index in [9.17, 15) is 4.79 Å². The second-order valence-corrected chi connectivity index (χ2v) is 3.98. The molecule has 2 rings (SSSR count). The van der Waals surface area contributed by atoms with Gasteiger partial charge in [-0.1, -0.05) is 5.21 Å². The molecule has 1 aliphatic rings. The topological polar surface area (TPSA) is 98.8 Å². The molecule has 1 aromatic rings. The molecule has 0 atom stereocenters. The standard InChI is InChI=1S/C9H17N7O/c17-9(11-6-8-12-14-15-13-8)7-16-4-1-2-10-3-5-16/h10H,1-7H2,(H,11,17)(H,12,13,14,15). The minimum atomic E-state index is -0.00306. The van der Waals surface area contributed by atoms with Gasteiger partial charge in [0.15, 0.2) is 5.82 Å². The summed E-state index contributed by atoms with van der Waals surface area (Å²) in [5, 5.41) is 19.4. The van der Waals surface area contributed by atoms with Crippen LogP contribution in [0.15, 0.2) is 0 Å². The maximum Gasteiger partial charge on any atom is 0.234 e. The van der Waals surface area contributed by atoms with Crippen molar-refractivity contribution in [2.45, 2.75) is 13.0 Å². The van der Waals surface area contributed by atoms with Crippen LogP contribution in [0.3, 0.4) is 0 Å². The van der Waals surface area contributed by atoms with Crippen LogP contribution in [0.25, 0.3) is 0 Å². The van der Waals surface area contributed by atoms with Gasteiger partial charge in [0.2, 0.25) is 5.91 Å². The highest BCUT2D eigenvalue weighted by molar-refractivity contribution is 5.77. The molecule has 0 unspecified atom stereocenters. The van der Waals surface area contributed by atoms with Crippen molar-refractivity contribution < 1.29 is 4.79 Å². The molecule has 0 saturated carbocycles. The zero-order valence-electron chi connectivity index (χ0n) is 9.65. The Bertz CT molecular complexity index is 331. The number of nitrogens with one attached hydrogen (secondary N) is 3. The van der Waals surface area contributed by atoms with Crippen molar-refractivity contribution >= 4 is 5.91 Å². The third-order valence-electron chi connectivity index (χ3n) is 2.63. The maximum atomic E-state index is 11.7. The fourth-order valence-corrected chi connectivity index (χ4v) is 1.75. The summed E-state index contributed by atoms with van der Waals surface area (Å²) in [5.74, 6) is 0.493. The monoisotopic (exact) mass is 239 g/mol. The third kappa shape index (κ3) is 4.08. The SMILES string of the molecule is O=C(CN1CCCNCC1)NCc1nn[nH]n1. The molecule has 1 aliphatic heterocycles. The molecule has 1 fully saturated rings. The number of aromatic nitrogens is 4. The van der Waals surface area contributed by atoms with E-state index in [2.05, 4.69) is 36.2 Å². The van der Waals surface area contributed by atoms with Crippen LogP contribution in [0.4, 0.5) is 0 Å². The van der Waals surface area contributed by atoms with Gasteiger partial charge in [-0.25, -0.2) is 0 Å². The molecule has 0 aliphatic carbocycles. The fraction of sp³-hybridized carbons (Fsp3) is 0.778. The summed E-state index contributed by atoms with van der Waals surface area (Å²) in [6.45, 7) is 4.60. The molecule has 8 nitrogen and oxygen atoms in total. The van der Waals surface area contributed by atoms with Gasteiger partial charge in [-0.2, -0.15) is 5.21 Å². The van der Waals surface area contributed by atoms with Crippen LogP contribution >= 0.6 is 0 Å². The predicted octanol–water partition coefficient (Wildman–Crippen LogP) is -1.89. The quantitative estimate of drug-likeness (QED) is 0.568. The van der Waals surface area contributed by atoms with Crippen LogP contribution in [0.1, 0.15) is 12.2 Å². The summed E-state index contributed by atoms with van der Waals surface area (Å²) in [5.41, 5.74) is 0. The van der Waals surface area contributed by atoms with E-state index < -0.39 is 0 Å².